The van der Waals surface area contributed by atoms with Crippen molar-refractivity contribution in [3.63, 3.8) is 0 Å². The summed E-state index contributed by atoms with van der Waals surface area (Å²) in [6, 6.07) is 1.26. The summed E-state index contributed by atoms with van der Waals surface area (Å²) < 4.78 is 5.24. The molecule has 0 aromatic heterocycles. The van der Waals surface area contributed by atoms with Crippen LogP contribution in [0.4, 0.5) is 0 Å². The highest BCUT2D eigenvalue weighted by atomic mass is 16.5. The van der Waals surface area contributed by atoms with Crippen molar-refractivity contribution < 1.29 is 4.74 Å². The Kier molecular flexibility index (Phi) is 7.87. The van der Waals surface area contributed by atoms with Crippen LogP contribution in [-0.2, 0) is 4.74 Å². The van der Waals surface area contributed by atoms with Gasteiger partial charge in [-0.2, -0.15) is 0 Å². The zero-order valence-corrected chi connectivity index (χ0v) is 12.7. The van der Waals surface area contributed by atoms with E-state index in [2.05, 4.69) is 31.0 Å². The molecule has 1 aliphatic rings. The molecule has 108 valence electrons. The number of nitrogens with zero attached hydrogens (tertiary/aromatic N) is 1. The lowest BCUT2D eigenvalue weighted by atomic mass is 9.86. The molecule has 0 radical (unpaired) electrons. The van der Waals surface area contributed by atoms with Crippen molar-refractivity contribution in [3.05, 3.63) is 0 Å². The molecule has 0 aromatic carbocycles. The Hall–Kier alpha value is -0.120. The van der Waals surface area contributed by atoms with Crippen molar-refractivity contribution in [2.24, 2.45) is 5.92 Å². The summed E-state index contributed by atoms with van der Waals surface area (Å²) in [5, 5.41) is 3.75. The number of methoxy groups -OCH3 is 1. The van der Waals surface area contributed by atoms with Crippen LogP contribution in [0.15, 0.2) is 0 Å². The van der Waals surface area contributed by atoms with E-state index in [1.807, 2.05) is 0 Å². The lowest BCUT2D eigenvalue weighted by molar-refractivity contribution is 0.101. The second kappa shape index (κ2) is 8.89. The summed E-state index contributed by atoms with van der Waals surface area (Å²) in [7, 11) is 1.78. The SMILES string of the molecule is CCN(CCNC1CCCCC1C)C(C)COC. The van der Waals surface area contributed by atoms with Crippen LogP contribution >= 0.6 is 0 Å². The molecule has 0 bridgehead atoms. The third kappa shape index (κ3) is 5.25. The van der Waals surface area contributed by atoms with Crippen LogP contribution in [0.5, 0.6) is 0 Å². The van der Waals surface area contributed by atoms with Crippen molar-refractivity contribution in [2.75, 3.05) is 33.4 Å². The first-order valence-corrected chi connectivity index (χ1v) is 7.65. The van der Waals surface area contributed by atoms with Crippen LogP contribution in [0, 0.1) is 5.92 Å². The molecule has 1 saturated carbocycles. The number of rotatable bonds is 8. The summed E-state index contributed by atoms with van der Waals surface area (Å²) >= 11 is 0. The van der Waals surface area contributed by atoms with Gasteiger partial charge < -0.3 is 10.1 Å². The van der Waals surface area contributed by atoms with E-state index in [1.165, 1.54) is 25.7 Å². The Morgan fingerprint density at radius 3 is 2.67 bits per heavy atom. The highest BCUT2D eigenvalue weighted by Crippen LogP contribution is 2.23. The topological polar surface area (TPSA) is 24.5 Å². The molecule has 3 unspecified atom stereocenters. The molecule has 1 fully saturated rings. The molecule has 0 spiro atoms. The molecule has 0 heterocycles. The Morgan fingerprint density at radius 1 is 1.33 bits per heavy atom. The standard InChI is InChI=1S/C15H32N2O/c1-5-17(14(3)12-18-4)11-10-16-15-9-7-6-8-13(15)2/h13-16H,5-12H2,1-4H3. The van der Waals surface area contributed by atoms with Gasteiger partial charge in [0.05, 0.1) is 6.61 Å². The fourth-order valence-corrected chi connectivity index (χ4v) is 3.05. The van der Waals surface area contributed by atoms with Gasteiger partial charge in [0.15, 0.2) is 0 Å². The maximum absolute atomic E-state index is 5.24. The Bertz CT molecular complexity index is 211. The first-order valence-electron chi connectivity index (χ1n) is 7.65. The second-order valence-electron chi connectivity index (χ2n) is 5.76. The van der Waals surface area contributed by atoms with E-state index < -0.39 is 0 Å². The van der Waals surface area contributed by atoms with Crippen molar-refractivity contribution in [3.8, 4) is 0 Å². The average molecular weight is 256 g/mol. The van der Waals surface area contributed by atoms with Gasteiger partial charge in [-0.05, 0) is 32.2 Å². The predicted octanol–water partition coefficient (Wildman–Crippen LogP) is 2.51. The van der Waals surface area contributed by atoms with Gasteiger partial charge in [0.2, 0.25) is 0 Å². The van der Waals surface area contributed by atoms with Gasteiger partial charge in [0.1, 0.15) is 0 Å². The molecule has 0 amide bonds. The van der Waals surface area contributed by atoms with Crippen LogP contribution < -0.4 is 5.32 Å². The summed E-state index contributed by atoms with van der Waals surface area (Å²) in [6.07, 6.45) is 5.58. The van der Waals surface area contributed by atoms with E-state index in [0.29, 0.717) is 6.04 Å². The van der Waals surface area contributed by atoms with Gasteiger partial charge in [0, 0.05) is 32.3 Å². The Morgan fingerprint density at radius 2 is 2.06 bits per heavy atom. The zero-order chi connectivity index (χ0) is 13.4. The minimum Gasteiger partial charge on any atom is -0.383 e. The third-order valence-corrected chi connectivity index (χ3v) is 4.35. The van der Waals surface area contributed by atoms with Gasteiger partial charge in [0.25, 0.3) is 0 Å². The summed E-state index contributed by atoms with van der Waals surface area (Å²) in [5.41, 5.74) is 0. The van der Waals surface area contributed by atoms with E-state index in [9.17, 15) is 0 Å². The van der Waals surface area contributed by atoms with Crippen LogP contribution in [0.1, 0.15) is 46.5 Å². The van der Waals surface area contributed by atoms with Crippen molar-refractivity contribution >= 4 is 0 Å². The largest absolute Gasteiger partial charge is 0.383 e. The second-order valence-corrected chi connectivity index (χ2v) is 5.76. The lowest BCUT2D eigenvalue weighted by Gasteiger charge is -2.32. The quantitative estimate of drug-likeness (QED) is 0.722. The molecular weight excluding hydrogens is 224 g/mol. The highest BCUT2D eigenvalue weighted by Gasteiger charge is 2.20. The predicted molar refractivity (Wildman–Crippen MR) is 78.0 cm³/mol. The first kappa shape index (κ1) is 15.9. The van der Waals surface area contributed by atoms with E-state index in [0.717, 1.165) is 38.2 Å². The lowest BCUT2D eigenvalue weighted by Crippen LogP contribution is -2.44. The normalized spacial score (nSPS) is 26.5. The van der Waals surface area contributed by atoms with E-state index in [4.69, 9.17) is 4.74 Å². The fraction of sp³-hybridized carbons (Fsp3) is 1.00. The molecule has 0 saturated heterocycles. The van der Waals surface area contributed by atoms with Gasteiger partial charge in [-0.15, -0.1) is 0 Å². The van der Waals surface area contributed by atoms with Crippen molar-refractivity contribution in [1.29, 1.82) is 0 Å². The maximum Gasteiger partial charge on any atom is 0.0615 e. The molecule has 1 aliphatic carbocycles. The first-order chi connectivity index (χ1) is 8.69. The fourth-order valence-electron chi connectivity index (χ4n) is 3.05. The molecule has 18 heavy (non-hydrogen) atoms. The highest BCUT2D eigenvalue weighted by molar-refractivity contribution is 4.78. The summed E-state index contributed by atoms with van der Waals surface area (Å²) in [5.74, 6) is 0.852. The van der Waals surface area contributed by atoms with Crippen molar-refractivity contribution in [2.45, 2.75) is 58.5 Å². The molecule has 3 atom stereocenters. The van der Waals surface area contributed by atoms with Crippen molar-refractivity contribution in [1.82, 2.24) is 10.2 Å². The minimum absolute atomic E-state index is 0.519. The number of likely N-dealkylation sites (N-methyl/N-ethyl adjacent to an activating group) is 1. The number of hydrogen-bond acceptors (Lipinski definition) is 3. The van der Waals surface area contributed by atoms with Crippen LogP contribution in [0.25, 0.3) is 0 Å². The number of nitrogens with one attached hydrogen (secondary N) is 1. The number of ether oxygens (including phenoxy) is 1. The van der Waals surface area contributed by atoms with Gasteiger partial charge in [-0.3, -0.25) is 4.90 Å². The average Bonchev–Trinajstić information content (AvgIpc) is 2.37. The summed E-state index contributed by atoms with van der Waals surface area (Å²) in [6.45, 7) is 11.0. The molecule has 0 aliphatic heterocycles. The summed E-state index contributed by atoms with van der Waals surface area (Å²) in [4.78, 5) is 2.49. The monoisotopic (exact) mass is 256 g/mol. The Balaban J connectivity index is 2.21. The van der Waals surface area contributed by atoms with E-state index in [-0.39, 0.29) is 0 Å². The zero-order valence-electron chi connectivity index (χ0n) is 12.7. The molecule has 3 nitrogen and oxygen atoms in total. The minimum atomic E-state index is 0.519. The van der Waals surface area contributed by atoms with E-state index in [1.54, 1.807) is 7.11 Å². The molecule has 1 N–H and O–H groups in total. The van der Waals surface area contributed by atoms with Crippen LogP contribution in [-0.4, -0.2) is 50.3 Å². The van der Waals surface area contributed by atoms with Crippen LogP contribution in [0.2, 0.25) is 0 Å². The molecule has 3 heteroatoms. The maximum atomic E-state index is 5.24. The third-order valence-electron chi connectivity index (χ3n) is 4.35. The molecule has 0 aromatic rings. The van der Waals surface area contributed by atoms with Gasteiger partial charge >= 0.3 is 0 Å². The Labute approximate surface area is 113 Å². The smallest absolute Gasteiger partial charge is 0.0615 e. The van der Waals surface area contributed by atoms with Gasteiger partial charge in [-0.25, -0.2) is 0 Å². The molecular formula is C15H32N2O. The van der Waals surface area contributed by atoms with Gasteiger partial charge in [-0.1, -0.05) is 26.7 Å². The van der Waals surface area contributed by atoms with E-state index >= 15 is 0 Å². The van der Waals surface area contributed by atoms with Crippen LogP contribution in [0.3, 0.4) is 0 Å². The molecule has 1 rings (SSSR count). The number of hydrogen-bond donors (Lipinski definition) is 1.